The maximum absolute atomic E-state index is 13.1. The molecule has 1 aliphatic rings. The van der Waals surface area contributed by atoms with Gasteiger partial charge in [-0.1, -0.05) is 18.2 Å². The van der Waals surface area contributed by atoms with Crippen LogP contribution in [0.4, 0.5) is 0 Å². The van der Waals surface area contributed by atoms with Crippen molar-refractivity contribution in [2.75, 3.05) is 20.3 Å². The molecule has 4 rings (SSSR count). The van der Waals surface area contributed by atoms with Gasteiger partial charge in [0.2, 0.25) is 0 Å². The third-order valence-corrected chi connectivity index (χ3v) is 6.07. The van der Waals surface area contributed by atoms with E-state index in [9.17, 15) is 19.2 Å². The van der Waals surface area contributed by atoms with Crippen molar-refractivity contribution in [2.45, 2.75) is 27.7 Å². The van der Waals surface area contributed by atoms with Gasteiger partial charge in [-0.3, -0.25) is 9.59 Å². The first-order valence-electron chi connectivity index (χ1n) is 12.0. The molecule has 0 saturated heterocycles. The van der Waals surface area contributed by atoms with E-state index in [2.05, 4.69) is 15.0 Å². The topological polar surface area (TPSA) is 140 Å². The zero-order valence-electron chi connectivity index (χ0n) is 21.7. The summed E-state index contributed by atoms with van der Waals surface area (Å²) in [7, 11) is 1.49. The summed E-state index contributed by atoms with van der Waals surface area (Å²) in [5.74, 6) is -2.98. The Balaban J connectivity index is 1.90. The molecule has 1 aliphatic heterocycles. The van der Waals surface area contributed by atoms with Crippen molar-refractivity contribution in [3.8, 4) is 5.75 Å². The zero-order chi connectivity index (χ0) is 27.6. The number of Topliss-reactive ketones (excluding diaryl/α,β-unsaturated/α-hetero) is 2. The van der Waals surface area contributed by atoms with Crippen LogP contribution >= 0.6 is 0 Å². The first-order chi connectivity index (χ1) is 18.2. The van der Waals surface area contributed by atoms with E-state index in [1.165, 1.54) is 7.11 Å². The summed E-state index contributed by atoms with van der Waals surface area (Å²) in [6, 6.07) is 8.69. The highest BCUT2D eigenvalue weighted by molar-refractivity contribution is 6.54. The standard InChI is InChI=1S/C28H27N3O7/c1-6-37-27(34)25(32)22-14(3)18(29-15(22)4)12-19-21(36-5)13-20(30-19)24-23(26(33)28(35)38-7-2)16-10-8-9-11-17(16)31-24/h8-13,29-30H,6-7H2,1-5H3/b19-12-,24-20?. The van der Waals surface area contributed by atoms with Gasteiger partial charge in [-0.15, -0.1) is 0 Å². The third-order valence-electron chi connectivity index (χ3n) is 6.07. The molecule has 0 saturated carbocycles. The molecule has 0 amide bonds. The number of hydrogen-bond acceptors (Lipinski definition) is 8. The Morgan fingerprint density at radius 1 is 0.947 bits per heavy atom. The Hall–Kier alpha value is -4.73. The van der Waals surface area contributed by atoms with Gasteiger partial charge < -0.3 is 24.2 Å². The number of aromatic nitrogens is 2. The van der Waals surface area contributed by atoms with E-state index in [0.717, 1.165) is 0 Å². The lowest BCUT2D eigenvalue weighted by atomic mass is 10.1. The number of esters is 2. The second-order valence-corrected chi connectivity index (χ2v) is 8.42. The molecule has 3 aromatic rings. The molecule has 10 nitrogen and oxygen atoms in total. The lowest BCUT2D eigenvalue weighted by Gasteiger charge is -2.03. The van der Waals surface area contributed by atoms with Gasteiger partial charge in [0.05, 0.1) is 53.2 Å². The van der Waals surface area contributed by atoms with Crippen LogP contribution in [0.3, 0.4) is 0 Å². The lowest BCUT2D eigenvalue weighted by Crippen LogP contribution is -2.28. The molecule has 0 atom stereocenters. The van der Waals surface area contributed by atoms with Gasteiger partial charge in [-0.05, 0) is 45.4 Å². The Morgan fingerprint density at radius 2 is 1.61 bits per heavy atom. The number of rotatable bonds is 8. The second kappa shape index (κ2) is 10.7. The molecule has 2 aromatic heterocycles. The van der Waals surface area contributed by atoms with E-state index in [0.29, 0.717) is 44.0 Å². The number of aromatic amines is 2. The van der Waals surface area contributed by atoms with Crippen LogP contribution in [0.25, 0.3) is 17.3 Å². The maximum atomic E-state index is 13.1. The summed E-state index contributed by atoms with van der Waals surface area (Å²) < 4.78 is 15.4. The summed E-state index contributed by atoms with van der Waals surface area (Å²) in [5, 5.41) is 2.04. The quantitative estimate of drug-likeness (QED) is 0.248. The van der Waals surface area contributed by atoms with E-state index >= 15 is 0 Å². The normalized spacial score (nSPS) is 14.1. The zero-order valence-corrected chi connectivity index (χ0v) is 21.7. The summed E-state index contributed by atoms with van der Waals surface area (Å²) in [4.78, 5) is 61.0. The van der Waals surface area contributed by atoms with E-state index in [4.69, 9.17) is 14.2 Å². The summed E-state index contributed by atoms with van der Waals surface area (Å²) in [5.41, 5.74) is 2.30. The third kappa shape index (κ3) is 4.68. The molecular formula is C28H27N3O7. The van der Waals surface area contributed by atoms with Crippen molar-refractivity contribution < 1.29 is 33.4 Å². The van der Waals surface area contributed by atoms with Crippen LogP contribution in [0.1, 0.15) is 41.2 Å². The summed E-state index contributed by atoms with van der Waals surface area (Å²) >= 11 is 0. The van der Waals surface area contributed by atoms with Crippen molar-refractivity contribution in [2.24, 2.45) is 4.99 Å². The van der Waals surface area contributed by atoms with Gasteiger partial charge in [0, 0.05) is 22.7 Å². The van der Waals surface area contributed by atoms with Crippen LogP contribution in [-0.2, 0) is 23.9 Å². The molecule has 196 valence electrons. The molecule has 0 spiro atoms. The fourth-order valence-corrected chi connectivity index (χ4v) is 4.37. The van der Waals surface area contributed by atoms with Crippen molar-refractivity contribution in [3.63, 3.8) is 0 Å². The number of para-hydroxylation sites is 1. The van der Waals surface area contributed by atoms with Crippen molar-refractivity contribution in [3.05, 3.63) is 74.1 Å². The number of ketones is 2. The second-order valence-electron chi connectivity index (χ2n) is 8.42. The minimum Gasteiger partial charge on any atom is -0.494 e. The number of fused-ring (bicyclic) bond motifs is 1. The van der Waals surface area contributed by atoms with Crippen LogP contribution in [0.2, 0.25) is 0 Å². The molecule has 0 bridgehead atoms. The predicted octanol–water partition coefficient (Wildman–Crippen LogP) is 0.267. The van der Waals surface area contributed by atoms with Crippen molar-refractivity contribution in [1.29, 1.82) is 0 Å². The molecule has 0 radical (unpaired) electrons. The first kappa shape index (κ1) is 26.3. The minimum absolute atomic E-state index is 0.0665. The van der Waals surface area contributed by atoms with E-state index in [-0.39, 0.29) is 30.0 Å². The summed E-state index contributed by atoms with van der Waals surface area (Å²) in [6.45, 7) is 6.84. The molecule has 1 aromatic carbocycles. The number of methoxy groups -OCH3 is 1. The molecule has 38 heavy (non-hydrogen) atoms. The van der Waals surface area contributed by atoms with Crippen molar-refractivity contribution >= 4 is 40.9 Å². The Labute approximate surface area is 217 Å². The molecule has 0 unspecified atom stereocenters. The van der Waals surface area contributed by atoms with E-state index in [1.54, 1.807) is 64.1 Å². The number of carbonyl (C=O) groups excluding carboxylic acids is 4. The van der Waals surface area contributed by atoms with Crippen molar-refractivity contribution in [1.82, 2.24) is 9.97 Å². The van der Waals surface area contributed by atoms with E-state index < -0.39 is 23.5 Å². The van der Waals surface area contributed by atoms with Gasteiger partial charge in [0.25, 0.3) is 11.6 Å². The maximum Gasteiger partial charge on any atom is 0.379 e. The molecule has 10 heteroatoms. The Bertz CT molecular complexity index is 1720. The van der Waals surface area contributed by atoms with Crippen LogP contribution in [-0.4, -0.2) is 53.8 Å². The number of benzene rings is 1. The highest BCUT2D eigenvalue weighted by Crippen LogP contribution is 2.20. The number of ether oxygens (including phenoxy) is 3. The molecular weight excluding hydrogens is 490 g/mol. The highest BCUT2D eigenvalue weighted by Gasteiger charge is 2.28. The molecule has 3 heterocycles. The largest absolute Gasteiger partial charge is 0.494 e. The average molecular weight is 518 g/mol. The Kier molecular flexibility index (Phi) is 7.43. The number of nitrogens with zero attached hydrogens (tertiary/aromatic N) is 1. The van der Waals surface area contributed by atoms with Gasteiger partial charge in [0.15, 0.2) is 0 Å². The molecule has 2 N–H and O–H groups in total. The van der Waals surface area contributed by atoms with Crippen LogP contribution < -0.4 is 26.0 Å². The highest BCUT2D eigenvalue weighted by atomic mass is 16.5. The number of hydrogen-bond donors (Lipinski definition) is 2. The van der Waals surface area contributed by atoms with E-state index in [1.807, 2.05) is 0 Å². The fraction of sp³-hybridized carbons (Fsp3) is 0.250. The number of H-pyrrole nitrogens is 2. The number of nitrogens with one attached hydrogen (secondary N) is 2. The predicted molar refractivity (Wildman–Crippen MR) is 137 cm³/mol. The van der Waals surface area contributed by atoms with Gasteiger partial charge in [-0.25, -0.2) is 14.6 Å². The van der Waals surface area contributed by atoms with Gasteiger partial charge in [-0.2, -0.15) is 0 Å². The van der Waals surface area contributed by atoms with Gasteiger partial charge >= 0.3 is 11.9 Å². The van der Waals surface area contributed by atoms with Crippen LogP contribution in [0, 0.1) is 13.8 Å². The molecule has 0 fully saturated rings. The average Bonchev–Trinajstić information content (AvgIpc) is 3.56. The SMILES string of the molecule is CCOC(=O)C(=O)C1=c2ccccc2=NC1=c1cc(OC)/c(=C/c2[nH]c(C)c(C(=O)C(=O)OCC)c2C)[nH]1. The first-order valence-corrected chi connectivity index (χ1v) is 12.0. The fourth-order valence-electron chi connectivity index (χ4n) is 4.37. The van der Waals surface area contributed by atoms with Crippen LogP contribution in [0.15, 0.2) is 35.3 Å². The number of aryl methyl sites for hydroxylation is 1. The van der Waals surface area contributed by atoms with Crippen LogP contribution in [0.5, 0.6) is 5.75 Å². The lowest BCUT2D eigenvalue weighted by molar-refractivity contribution is -0.150. The smallest absolute Gasteiger partial charge is 0.379 e. The summed E-state index contributed by atoms with van der Waals surface area (Å²) in [6.07, 6.45) is 1.72. The number of carbonyl (C=O) groups is 4. The monoisotopic (exact) mass is 517 g/mol. The minimum atomic E-state index is -0.964. The Morgan fingerprint density at radius 3 is 2.26 bits per heavy atom. The molecule has 0 aliphatic carbocycles. The van der Waals surface area contributed by atoms with Gasteiger partial charge in [0.1, 0.15) is 5.75 Å².